The van der Waals surface area contributed by atoms with E-state index < -0.39 is 0 Å². The number of hydrogen-bond donors (Lipinski definition) is 1. The number of nitrogens with zero attached hydrogens (tertiary/aromatic N) is 2. The summed E-state index contributed by atoms with van der Waals surface area (Å²) in [7, 11) is 2.14. The predicted octanol–water partition coefficient (Wildman–Crippen LogP) is 3.56. The van der Waals surface area contributed by atoms with Gasteiger partial charge in [0.15, 0.2) is 5.69 Å². The molecule has 0 fully saturated rings. The summed E-state index contributed by atoms with van der Waals surface area (Å²) in [5.74, 6) is 0.640. The number of likely N-dealkylation sites (N-methyl/N-ethyl adjacent to an activating group) is 1. The van der Waals surface area contributed by atoms with Crippen LogP contribution < -0.4 is 5.32 Å². The molecule has 0 saturated carbocycles. The third-order valence-corrected chi connectivity index (χ3v) is 5.24. The molecule has 1 rings (SSSR count). The topological polar surface area (TPSA) is 58.4 Å². The summed E-state index contributed by atoms with van der Waals surface area (Å²) in [5, 5.41) is 7.12. The van der Waals surface area contributed by atoms with Crippen molar-refractivity contribution in [3.8, 4) is 0 Å². The Kier molecular flexibility index (Phi) is 7.26. The minimum atomic E-state index is -0.142. The average molecular weight is 323 g/mol. The highest BCUT2D eigenvalue weighted by Gasteiger charge is 2.38. The SMILES string of the molecule is CCCC(CC)(C(C)NC(=O)c1noc(CC)c1C)N(C)CC. The van der Waals surface area contributed by atoms with E-state index in [1.54, 1.807) is 0 Å². The van der Waals surface area contributed by atoms with Gasteiger partial charge in [-0.05, 0) is 40.3 Å². The van der Waals surface area contributed by atoms with Crippen LogP contribution in [0.1, 0.15) is 75.7 Å². The molecular weight excluding hydrogens is 290 g/mol. The molecule has 0 aliphatic heterocycles. The Morgan fingerprint density at radius 1 is 1.35 bits per heavy atom. The zero-order valence-corrected chi connectivity index (χ0v) is 15.8. The Morgan fingerprint density at radius 2 is 2.00 bits per heavy atom. The van der Waals surface area contributed by atoms with Gasteiger partial charge in [-0.2, -0.15) is 0 Å². The second kappa shape index (κ2) is 8.48. The Labute approximate surface area is 140 Å². The van der Waals surface area contributed by atoms with E-state index in [-0.39, 0.29) is 17.5 Å². The van der Waals surface area contributed by atoms with Gasteiger partial charge in [0, 0.05) is 23.6 Å². The van der Waals surface area contributed by atoms with Crippen molar-refractivity contribution in [2.24, 2.45) is 0 Å². The fourth-order valence-corrected chi connectivity index (χ4v) is 3.55. The van der Waals surface area contributed by atoms with Gasteiger partial charge >= 0.3 is 0 Å². The Hall–Kier alpha value is -1.36. The monoisotopic (exact) mass is 323 g/mol. The number of aromatic nitrogens is 1. The van der Waals surface area contributed by atoms with Crippen LogP contribution >= 0.6 is 0 Å². The smallest absolute Gasteiger partial charge is 0.274 e. The van der Waals surface area contributed by atoms with Crippen molar-refractivity contribution < 1.29 is 9.32 Å². The molecule has 1 aromatic heterocycles. The third-order valence-electron chi connectivity index (χ3n) is 5.24. The zero-order valence-electron chi connectivity index (χ0n) is 15.8. The van der Waals surface area contributed by atoms with E-state index in [1.807, 2.05) is 13.8 Å². The number of nitrogens with one attached hydrogen (secondary N) is 1. The Bertz CT molecular complexity index is 512. The zero-order chi connectivity index (χ0) is 17.6. The third kappa shape index (κ3) is 3.94. The van der Waals surface area contributed by atoms with Gasteiger partial charge in [-0.3, -0.25) is 9.69 Å². The summed E-state index contributed by atoms with van der Waals surface area (Å²) in [6.45, 7) is 13.5. The minimum Gasteiger partial charge on any atom is -0.360 e. The Balaban J connectivity index is 2.99. The van der Waals surface area contributed by atoms with Gasteiger partial charge in [-0.1, -0.05) is 39.3 Å². The van der Waals surface area contributed by atoms with Crippen molar-refractivity contribution in [2.45, 2.75) is 78.8 Å². The van der Waals surface area contributed by atoms with Crippen LogP contribution in [-0.4, -0.2) is 41.1 Å². The molecular formula is C18H33N3O2. The van der Waals surface area contributed by atoms with E-state index in [4.69, 9.17) is 4.52 Å². The lowest BCUT2D eigenvalue weighted by molar-refractivity contribution is 0.0606. The lowest BCUT2D eigenvalue weighted by Gasteiger charge is -2.46. The van der Waals surface area contributed by atoms with Crippen LogP contribution in [0.5, 0.6) is 0 Å². The molecule has 0 spiro atoms. The molecule has 1 amide bonds. The summed E-state index contributed by atoms with van der Waals surface area (Å²) in [4.78, 5) is 15.0. The minimum absolute atomic E-state index is 0.0334. The molecule has 1 N–H and O–H groups in total. The summed E-state index contributed by atoms with van der Waals surface area (Å²) >= 11 is 0. The van der Waals surface area contributed by atoms with Gasteiger partial charge < -0.3 is 9.84 Å². The van der Waals surface area contributed by atoms with Crippen molar-refractivity contribution in [1.29, 1.82) is 0 Å². The number of hydrogen-bond acceptors (Lipinski definition) is 4. The highest BCUT2D eigenvalue weighted by atomic mass is 16.5. The number of carbonyl (C=O) groups excluding carboxylic acids is 1. The average Bonchev–Trinajstić information content (AvgIpc) is 2.92. The quantitative estimate of drug-likeness (QED) is 0.755. The van der Waals surface area contributed by atoms with Crippen molar-refractivity contribution in [2.75, 3.05) is 13.6 Å². The standard InChI is InChI=1S/C18H33N3O2/c1-8-12-18(10-3,21(7)11-4)14(6)19-17(22)16-13(5)15(9-2)23-20-16/h14H,8-12H2,1-7H3,(H,19,22). The predicted molar refractivity (Wildman–Crippen MR) is 93.8 cm³/mol. The van der Waals surface area contributed by atoms with Gasteiger partial charge in [0.25, 0.3) is 5.91 Å². The lowest BCUT2D eigenvalue weighted by atomic mass is 9.82. The first-order chi connectivity index (χ1) is 10.9. The molecule has 5 heteroatoms. The van der Waals surface area contributed by atoms with E-state index in [0.717, 1.165) is 43.6 Å². The number of carbonyl (C=O) groups is 1. The van der Waals surface area contributed by atoms with Crippen molar-refractivity contribution in [3.63, 3.8) is 0 Å². The normalized spacial score (nSPS) is 15.5. The molecule has 1 heterocycles. The first-order valence-electron chi connectivity index (χ1n) is 8.85. The molecule has 0 radical (unpaired) electrons. The number of amides is 1. The fourth-order valence-electron chi connectivity index (χ4n) is 3.55. The summed E-state index contributed by atoms with van der Waals surface area (Å²) in [6.07, 6.45) is 3.87. The number of rotatable bonds is 9. The largest absolute Gasteiger partial charge is 0.360 e. The summed E-state index contributed by atoms with van der Waals surface area (Å²) in [6, 6.07) is 0.0334. The van der Waals surface area contributed by atoms with Crippen LogP contribution in [0.15, 0.2) is 4.52 Å². The van der Waals surface area contributed by atoms with Crippen molar-refractivity contribution >= 4 is 5.91 Å². The first kappa shape index (κ1) is 19.7. The van der Waals surface area contributed by atoms with E-state index >= 15 is 0 Å². The van der Waals surface area contributed by atoms with Crippen molar-refractivity contribution in [1.82, 2.24) is 15.4 Å². The molecule has 23 heavy (non-hydrogen) atoms. The van der Waals surface area contributed by atoms with Crippen LogP contribution in [0, 0.1) is 6.92 Å². The maximum atomic E-state index is 12.6. The van der Waals surface area contributed by atoms with Gasteiger partial charge in [0.2, 0.25) is 0 Å². The number of aryl methyl sites for hydroxylation is 1. The molecule has 0 bridgehead atoms. The molecule has 2 unspecified atom stereocenters. The molecule has 1 aromatic rings. The molecule has 2 atom stereocenters. The Morgan fingerprint density at radius 3 is 2.43 bits per heavy atom. The van der Waals surface area contributed by atoms with E-state index in [9.17, 15) is 4.79 Å². The highest BCUT2D eigenvalue weighted by molar-refractivity contribution is 5.94. The van der Waals surface area contributed by atoms with Crippen LogP contribution in [0.3, 0.4) is 0 Å². The second-order valence-electron chi connectivity index (χ2n) is 6.35. The fraction of sp³-hybridized carbons (Fsp3) is 0.778. The van der Waals surface area contributed by atoms with Gasteiger partial charge in [0.1, 0.15) is 5.76 Å². The van der Waals surface area contributed by atoms with Gasteiger partial charge in [-0.15, -0.1) is 0 Å². The van der Waals surface area contributed by atoms with Crippen molar-refractivity contribution in [3.05, 3.63) is 17.0 Å². The van der Waals surface area contributed by atoms with Crippen LogP contribution in [0.4, 0.5) is 0 Å². The lowest BCUT2D eigenvalue weighted by Crippen LogP contribution is -2.59. The van der Waals surface area contributed by atoms with Crippen LogP contribution in [0.2, 0.25) is 0 Å². The highest BCUT2D eigenvalue weighted by Crippen LogP contribution is 2.29. The van der Waals surface area contributed by atoms with Crippen LogP contribution in [-0.2, 0) is 6.42 Å². The first-order valence-corrected chi connectivity index (χ1v) is 8.85. The van der Waals surface area contributed by atoms with Gasteiger partial charge in [-0.25, -0.2) is 0 Å². The molecule has 0 aliphatic rings. The second-order valence-corrected chi connectivity index (χ2v) is 6.35. The maximum Gasteiger partial charge on any atom is 0.274 e. The molecule has 5 nitrogen and oxygen atoms in total. The molecule has 0 aliphatic carbocycles. The van der Waals surface area contributed by atoms with E-state index in [1.165, 1.54) is 0 Å². The molecule has 0 aromatic carbocycles. The molecule has 132 valence electrons. The van der Waals surface area contributed by atoms with E-state index in [2.05, 4.69) is 50.1 Å². The van der Waals surface area contributed by atoms with Gasteiger partial charge in [0.05, 0.1) is 0 Å². The molecule has 0 saturated heterocycles. The summed E-state index contributed by atoms with van der Waals surface area (Å²) in [5.41, 5.74) is 1.22. The maximum absolute atomic E-state index is 12.6. The van der Waals surface area contributed by atoms with E-state index in [0.29, 0.717) is 5.69 Å². The van der Waals surface area contributed by atoms with Crippen LogP contribution in [0.25, 0.3) is 0 Å². The summed E-state index contributed by atoms with van der Waals surface area (Å²) < 4.78 is 5.25.